The largest absolute Gasteiger partial charge is 2.00 e. The molecule has 0 saturated carbocycles. The van der Waals surface area contributed by atoms with Crippen LogP contribution in [0, 0.1) is 6.55 Å². The van der Waals surface area contributed by atoms with Crippen molar-refractivity contribution >= 4 is 94.6 Å². The number of halogens is 2. The first-order chi connectivity index (χ1) is 17.5. The molecular formula is C32H40Cl2Mg2OSi2. The van der Waals surface area contributed by atoms with Crippen LogP contribution in [-0.4, -0.2) is 81.0 Å². The van der Waals surface area contributed by atoms with Gasteiger partial charge in [-0.25, -0.2) is 0 Å². The van der Waals surface area contributed by atoms with Crippen molar-refractivity contribution in [2.24, 2.45) is 0 Å². The SMILES string of the molecule is C1CCOC1.C[Si](CCl)(c1ccccc1)c1ccccc1.[CH2-][Si](C)(c1ccccc1)c1ccccc1.[Cl-].[H-].[H-].[Mg+2].[Mg+2]. The van der Waals surface area contributed by atoms with Gasteiger partial charge < -0.3 is 26.5 Å². The van der Waals surface area contributed by atoms with Gasteiger partial charge in [-0.3, -0.25) is 0 Å². The quantitative estimate of drug-likeness (QED) is 0.190. The van der Waals surface area contributed by atoms with Gasteiger partial charge in [0.05, 0.1) is 0 Å². The fraction of sp³-hybridized carbons (Fsp3) is 0.219. The normalized spacial score (nSPS) is 12.1. The molecule has 4 aromatic rings. The van der Waals surface area contributed by atoms with E-state index in [-0.39, 0.29) is 61.4 Å². The maximum Gasteiger partial charge on any atom is 2.00 e. The van der Waals surface area contributed by atoms with E-state index in [1.165, 1.54) is 33.6 Å². The molecule has 1 saturated heterocycles. The van der Waals surface area contributed by atoms with Gasteiger partial charge in [-0.2, -0.15) is 0 Å². The second-order valence-electron chi connectivity index (χ2n) is 9.58. The average Bonchev–Trinajstić information content (AvgIpc) is 3.56. The van der Waals surface area contributed by atoms with Crippen molar-refractivity contribution in [3.8, 4) is 0 Å². The van der Waals surface area contributed by atoms with Gasteiger partial charge >= 0.3 is 46.1 Å². The van der Waals surface area contributed by atoms with Crippen LogP contribution in [0.25, 0.3) is 0 Å². The summed E-state index contributed by atoms with van der Waals surface area (Å²) >= 11 is 6.24. The third kappa shape index (κ3) is 11.7. The molecule has 0 unspecified atom stereocenters. The van der Waals surface area contributed by atoms with E-state index in [9.17, 15) is 0 Å². The maximum atomic E-state index is 6.24. The molecule has 0 N–H and O–H groups in total. The van der Waals surface area contributed by atoms with Crippen molar-refractivity contribution < 1.29 is 20.0 Å². The minimum atomic E-state index is -1.71. The van der Waals surface area contributed by atoms with Gasteiger partial charge in [0.25, 0.3) is 0 Å². The van der Waals surface area contributed by atoms with Gasteiger partial charge in [0.15, 0.2) is 0 Å². The smallest absolute Gasteiger partial charge is 1.00 e. The Morgan fingerprint density at radius 2 is 0.897 bits per heavy atom. The Morgan fingerprint density at radius 3 is 1.13 bits per heavy atom. The number of rotatable bonds is 5. The van der Waals surface area contributed by atoms with E-state index in [2.05, 4.69) is 141 Å². The zero-order valence-corrected chi connectivity index (χ0v) is 29.7. The van der Waals surface area contributed by atoms with E-state index in [1.54, 1.807) is 0 Å². The van der Waals surface area contributed by atoms with Crippen LogP contribution in [0.1, 0.15) is 15.7 Å². The number of ether oxygens (including phenoxy) is 1. The Balaban J connectivity index is -0.000000545. The summed E-state index contributed by atoms with van der Waals surface area (Å²) in [6.07, 6.45) is 2.56. The second kappa shape index (κ2) is 20.3. The minimum absolute atomic E-state index is 0. The second-order valence-corrected chi connectivity index (χ2v) is 18.3. The first-order valence-corrected chi connectivity index (χ1v) is 18.6. The molecule has 1 nitrogen and oxygen atoms in total. The molecule has 0 aliphatic carbocycles. The van der Waals surface area contributed by atoms with Crippen LogP contribution in [0.3, 0.4) is 0 Å². The standard InChI is InChI=1S/C14H15ClSi.C14H15Si.C4H8O.ClH.2Mg.2H/c1-16(12-15,13-8-4-2-5-9-13)14-10-6-3-7-11-14;1-15(2,13-9-5-3-6-10-13)14-11-7-4-8-12-14;1-2-4-5-3-1;;;;;/h2-11H,12H2,1H3;3-12H,1H2,2H3;1-4H2;1H;;;;/q;-1;;;2*+2;2*-1/p-1. The molecule has 200 valence electrons. The monoisotopic (exact) mass is 614 g/mol. The van der Waals surface area contributed by atoms with Crippen LogP contribution < -0.4 is 33.2 Å². The predicted molar refractivity (Wildman–Crippen MR) is 177 cm³/mol. The molecule has 0 atom stereocenters. The molecule has 1 aliphatic rings. The maximum absolute atomic E-state index is 6.24. The summed E-state index contributed by atoms with van der Waals surface area (Å²) < 4.78 is 4.94. The van der Waals surface area contributed by atoms with Crippen molar-refractivity contribution in [1.29, 1.82) is 0 Å². The van der Waals surface area contributed by atoms with Crippen molar-refractivity contribution in [3.63, 3.8) is 0 Å². The Hall–Kier alpha value is -0.614. The van der Waals surface area contributed by atoms with Crippen LogP contribution >= 0.6 is 11.6 Å². The van der Waals surface area contributed by atoms with Crippen LogP contribution in [0.4, 0.5) is 0 Å². The number of alkyl halides is 1. The van der Waals surface area contributed by atoms with Gasteiger partial charge in [0.2, 0.25) is 0 Å². The fourth-order valence-electron chi connectivity index (χ4n) is 4.22. The molecule has 39 heavy (non-hydrogen) atoms. The molecule has 0 bridgehead atoms. The van der Waals surface area contributed by atoms with Crippen molar-refractivity contribution in [2.45, 2.75) is 25.9 Å². The third-order valence-electron chi connectivity index (χ3n) is 6.74. The van der Waals surface area contributed by atoms with E-state index in [4.69, 9.17) is 16.3 Å². The zero-order valence-electron chi connectivity index (χ0n) is 25.4. The van der Waals surface area contributed by atoms with E-state index in [1.807, 2.05) is 0 Å². The van der Waals surface area contributed by atoms with Crippen LogP contribution in [0.5, 0.6) is 0 Å². The van der Waals surface area contributed by atoms with Crippen molar-refractivity contribution in [3.05, 3.63) is 128 Å². The summed E-state index contributed by atoms with van der Waals surface area (Å²) in [4.78, 5) is 0. The summed E-state index contributed by atoms with van der Waals surface area (Å²) in [5.41, 5.74) is 0.723. The Bertz CT molecular complexity index is 1050. The topological polar surface area (TPSA) is 9.23 Å². The van der Waals surface area contributed by atoms with E-state index >= 15 is 0 Å². The molecule has 4 aromatic carbocycles. The molecule has 1 fully saturated rings. The Kier molecular flexibility index (Phi) is 20.0. The summed E-state index contributed by atoms with van der Waals surface area (Å²) in [7, 11) is -3.42. The predicted octanol–water partition coefficient (Wildman–Crippen LogP) is 2.17. The van der Waals surface area contributed by atoms with Gasteiger partial charge in [0, 0.05) is 18.7 Å². The van der Waals surface area contributed by atoms with E-state index < -0.39 is 16.1 Å². The summed E-state index contributed by atoms with van der Waals surface area (Å²) in [6, 6.07) is 42.5. The Labute approximate surface area is 284 Å². The zero-order chi connectivity index (χ0) is 25.7. The molecule has 1 aliphatic heterocycles. The van der Waals surface area contributed by atoms with E-state index in [0.717, 1.165) is 18.7 Å². The average molecular weight is 616 g/mol. The van der Waals surface area contributed by atoms with Crippen molar-refractivity contribution in [1.82, 2.24) is 0 Å². The van der Waals surface area contributed by atoms with E-state index in [0.29, 0.717) is 0 Å². The number of hydrogen-bond acceptors (Lipinski definition) is 1. The molecule has 0 radical (unpaired) electrons. The summed E-state index contributed by atoms with van der Waals surface area (Å²) in [5, 5.41) is 5.57. The Morgan fingerprint density at radius 1 is 0.615 bits per heavy atom. The van der Waals surface area contributed by atoms with Crippen LogP contribution in [0.2, 0.25) is 13.1 Å². The molecule has 5 rings (SSSR count). The van der Waals surface area contributed by atoms with Crippen LogP contribution in [-0.2, 0) is 4.74 Å². The first kappa shape index (κ1) is 38.4. The fourth-order valence-corrected chi connectivity index (χ4v) is 9.84. The molecular weight excluding hydrogens is 576 g/mol. The van der Waals surface area contributed by atoms with Crippen LogP contribution in [0.15, 0.2) is 121 Å². The van der Waals surface area contributed by atoms with Gasteiger partial charge in [-0.15, -0.1) is 11.6 Å². The van der Waals surface area contributed by atoms with Gasteiger partial charge in [-0.1, -0.05) is 155 Å². The number of benzene rings is 4. The van der Waals surface area contributed by atoms with Crippen molar-refractivity contribution in [2.75, 3.05) is 18.7 Å². The minimum Gasteiger partial charge on any atom is -1.00 e. The molecule has 0 aromatic heterocycles. The summed E-state index contributed by atoms with van der Waals surface area (Å²) in [6.45, 7) is 11.1. The van der Waals surface area contributed by atoms with Gasteiger partial charge in [0.1, 0.15) is 8.07 Å². The molecule has 0 amide bonds. The third-order valence-corrected chi connectivity index (χ3v) is 15.3. The molecule has 0 spiro atoms. The molecule has 7 heteroatoms. The van der Waals surface area contributed by atoms with Gasteiger partial charge in [-0.05, 0) is 20.9 Å². The summed E-state index contributed by atoms with van der Waals surface area (Å²) in [5.74, 6) is 0. The molecule has 1 heterocycles. The first-order valence-electron chi connectivity index (χ1n) is 12.7. The number of hydrogen-bond donors (Lipinski definition) is 0.